The lowest BCUT2D eigenvalue weighted by Crippen LogP contribution is -1.95. The minimum Gasteiger partial charge on any atom is -0.508 e. The molecule has 0 aliphatic heterocycles. The molecule has 1 aromatic heterocycles. The van der Waals surface area contributed by atoms with Gasteiger partial charge in [0.2, 0.25) is 5.75 Å². The van der Waals surface area contributed by atoms with Gasteiger partial charge in [-0.15, -0.1) is 0 Å². The van der Waals surface area contributed by atoms with Crippen molar-refractivity contribution in [2.24, 2.45) is 0 Å². The zero-order valence-electron chi connectivity index (χ0n) is 10.8. The highest BCUT2D eigenvalue weighted by Crippen LogP contribution is 2.37. The van der Waals surface area contributed by atoms with Crippen LogP contribution in [0.3, 0.4) is 0 Å². The van der Waals surface area contributed by atoms with E-state index in [1.807, 2.05) is 0 Å². The first-order valence-corrected chi connectivity index (χ1v) is 6.14. The molecule has 0 saturated carbocycles. The van der Waals surface area contributed by atoms with Crippen molar-refractivity contribution in [2.45, 2.75) is 0 Å². The van der Waals surface area contributed by atoms with Gasteiger partial charge >= 0.3 is 5.69 Å². The Hall–Kier alpha value is -3.15. The molecule has 0 amide bonds. The Kier molecular flexibility index (Phi) is 3.12. The Morgan fingerprint density at radius 1 is 1.14 bits per heavy atom. The predicted octanol–water partition coefficient (Wildman–Crippen LogP) is 3.64. The Morgan fingerprint density at radius 2 is 2.00 bits per heavy atom. The maximum Gasteiger partial charge on any atom is 0.320 e. The molecule has 1 heterocycles. The number of nitro benzene ring substituents is 1. The number of pyridine rings is 1. The van der Waals surface area contributed by atoms with Crippen LogP contribution in [0.25, 0.3) is 10.9 Å². The molecule has 0 fully saturated rings. The van der Waals surface area contributed by atoms with Crippen molar-refractivity contribution in [3.05, 3.63) is 64.8 Å². The third-order valence-corrected chi connectivity index (χ3v) is 2.95. The normalized spacial score (nSPS) is 10.5. The van der Waals surface area contributed by atoms with Crippen LogP contribution in [0, 0.1) is 10.1 Å². The largest absolute Gasteiger partial charge is 0.508 e. The highest BCUT2D eigenvalue weighted by molar-refractivity contribution is 5.90. The number of ether oxygens (including phenoxy) is 1. The Labute approximate surface area is 119 Å². The molecule has 3 aromatic rings. The van der Waals surface area contributed by atoms with Gasteiger partial charge < -0.3 is 9.84 Å². The van der Waals surface area contributed by atoms with Gasteiger partial charge in [0.25, 0.3) is 0 Å². The lowest BCUT2D eigenvalue weighted by Gasteiger charge is -2.08. The number of fused-ring (bicyclic) bond motifs is 1. The summed E-state index contributed by atoms with van der Waals surface area (Å²) in [5.74, 6) is 0.449. The van der Waals surface area contributed by atoms with Crippen LogP contribution in [0.2, 0.25) is 0 Å². The zero-order valence-corrected chi connectivity index (χ0v) is 10.8. The third kappa shape index (κ3) is 2.46. The fourth-order valence-electron chi connectivity index (χ4n) is 2.06. The number of nitro groups is 1. The summed E-state index contributed by atoms with van der Waals surface area (Å²) in [4.78, 5) is 14.9. The fraction of sp³-hybridized carbons (Fsp3) is 0. The summed E-state index contributed by atoms with van der Waals surface area (Å²) in [5, 5.41) is 21.2. The monoisotopic (exact) mass is 282 g/mol. The molecule has 6 heteroatoms. The average Bonchev–Trinajstić information content (AvgIpc) is 2.46. The van der Waals surface area contributed by atoms with Crippen LogP contribution in [0.4, 0.5) is 5.69 Å². The molecule has 0 aliphatic rings. The second kappa shape index (κ2) is 5.09. The van der Waals surface area contributed by atoms with Crippen molar-refractivity contribution in [3.8, 4) is 17.2 Å². The van der Waals surface area contributed by atoms with Gasteiger partial charge in [-0.1, -0.05) is 6.07 Å². The molecular weight excluding hydrogens is 272 g/mol. The van der Waals surface area contributed by atoms with Gasteiger partial charge in [-0.05, 0) is 36.4 Å². The van der Waals surface area contributed by atoms with Gasteiger partial charge in [-0.3, -0.25) is 15.1 Å². The van der Waals surface area contributed by atoms with E-state index in [0.717, 1.165) is 0 Å². The number of nitrogens with zero attached hydrogens (tertiary/aromatic N) is 2. The van der Waals surface area contributed by atoms with Crippen LogP contribution in [0.1, 0.15) is 0 Å². The molecule has 0 bridgehead atoms. The van der Waals surface area contributed by atoms with Gasteiger partial charge in [0, 0.05) is 12.3 Å². The maximum absolute atomic E-state index is 11.3. The smallest absolute Gasteiger partial charge is 0.320 e. The Balaban J connectivity index is 2.14. The Morgan fingerprint density at radius 3 is 2.76 bits per heavy atom. The second-order valence-electron chi connectivity index (χ2n) is 4.34. The van der Waals surface area contributed by atoms with Crippen LogP contribution in [-0.2, 0) is 0 Å². The molecule has 0 radical (unpaired) electrons. The van der Waals surface area contributed by atoms with Crippen LogP contribution < -0.4 is 4.74 Å². The number of rotatable bonds is 3. The molecule has 0 aliphatic carbocycles. The number of phenols is 1. The molecule has 21 heavy (non-hydrogen) atoms. The molecule has 0 unspecified atom stereocenters. The highest BCUT2D eigenvalue weighted by Gasteiger charge is 2.20. The van der Waals surface area contributed by atoms with Crippen LogP contribution in [0.15, 0.2) is 54.7 Å². The number of hydrogen-bond donors (Lipinski definition) is 1. The molecule has 104 valence electrons. The van der Waals surface area contributed by atoms with Gasteiger partial charge in [0.1, 0.15) is 11.5 Å². The predicted molar refractivity (Wildman–Crippen MR) is 76.6 cm³/mol. The first kappa shape index (κ1) is 12.9. The average molecular weight is 282 g/mol. The summed E-state index contributed by atoms with van der Waals surface area (Å²) in [6.45, 7) is 0. The molecule has 0 spiro atoms. The van der Waals surface area contributed by atoms with E-state index in [9.17, 15) is 15.2 Å². The van der Waals surface area contributed by atoms with E-state index in [2.05, 4.69) is 4.98 Å². The van der Waals surface area contributed by atoms with Crippen LogP contribution in [-0.4, -0.2) is 15.0 Å². The van der Waals surface area contributed by atoms with Gasteiger partial charge in [0.15, 0.2) is 0 Å². The van der Waals surface area contributed by atoms with Crippen molar-refractivity contribution < 1.29 is 14.8 Å². The van der Waals surface area contributed by atoms with Crippen molar-refractivity contribution >= 4 is 16.6 Å². The minimum atomic E-state index is -0.498. The minimum absolute atomic E-state index is 0.0256. The highest BCUT2D eigenvalue weighted by atomic mass is 16.6. The molecule has 6 nitrogen and oxygen atoms in total. The molecule has 0 saturated heterocycles. The van der Waals surface area contributed by atoms with Crippen LogP contribution in [0.5, 0.6) is 17.2 Å². The summed E-state index contributed by atoms with van der Waals surface area (Å²) < 4.78 is 5.53. The quantitative estimate of drug-likeness (QED) is 0.585. The van der Waals surface area contributed by atoms with Crippen molar-refractivity contribution in [3.63, 3.8) is 0 Å². The second-order valence-corrected chi connectivity index (χ2v) is 4.34. The topological polar surface area (TPSA) is 85.5 Å². The van der Waals surface area contributed by atoms with E-state index >= 15 is 0 Å². The summed E-state index contributed by atoms with van der Waals surface area (Å²) in [7, 11) is 0. The van der Waals surface area contributed by atoms with Crippen LogP contribution >= 0.6 is 0 Å². The van der Waals surface area contributed by atoms with Gasteiger partial charge in [-0.2, -0.15) is 0 Å². The summed E-state index contributed by atoms with van der Waals surface area (Å²) >= 11 is 0. The SMILES string of the molecule is O=[N+]([O-])c1c(Oc2cccc(O)c2)ccc2ncccc12. The summed E-state index contributed by atoms with van der Waals surface area (Å²) in [6.07, 6.45) is 1.57. The van der Waals surface area contributed by atoms with E-state index in [0.29, 0.717) is 16.7 Å². The van der Waals surface area contributed by atoms with Gasteiger partial charge in [0.05, 0.1) is 15.8 Å². The first-order valence-electron chi connectivity index (χ1n) is 6.14. The van der Waals surface area contributed by atoms with Gasteiger partial charge in [-0.25, -0.2) is 0 Å². The molecule has 1 N–H and O–H groups in total. The molecule has 2 aromatic carbocycles. The molecule has 0 atom stereocenters. The lowest BCUT2D eigenvalue weighted by molar-refractivity contribution is -0.383. The van der Waals surface area contributed by atoms with E-state index in [1.54, 1.807) is 36.5 Å². The Bertz CT molecular complexity index is 833. The molecular formula is C15H10N2O4. The van der Waals surface area contributed by atoms with Crippen molar-refractivity contribution in [1.29, 1.82) is 0 Å². The number of aromatic nitrogens is 1. The van der Waals surface area contributed by atoms with E-state index in [1.165, 1.54) is 18.2 Å². The number of hydrogen-bond acceptors (Lipinski definition) is 5. The number of benzene rings is 2. The van der Waals surface area contributed by atoms with E-state index in [4.69, 9.17) is 4.74 Å². The lowest BCUT2D eigenvalue weighted by atomic mass is 10.1. The maximum atomic E-state index is 11.3. The molecule has 3 rings (SSSR count). The standard InChI is InChI=1S/C15H10N2O4/c18-10-3-1-4-11(9-10)21-14-7-6-13-12(5-2-8-16-13)15(14)17(19)20/h1-9,18H. The summed E-state index contributed by atoms with van der Waals surface area (Å²) in [5.41, 5.74) is 0.372. The summed E-state index contributed by atoms with van der Waals surface area (Å²) in [6, 6.07) is 12.5. The van der Waals surface area contributed by atoms with E-state index in [-0.39, 0.29) is 17.2 Å². The van der Waals surface area contributed by atoms with Crippen molar-refractivity contribution in [2.75, 3.05) is 0 Å². The number of aromatic hydroxyl groups is 1. The fourth-order valence-corrected chi connectivity index (χ4v) is 2.06. The number of phenolic OH excluding ortho intramolecular Hbond substituents is 1. The zero-order chi connectivity index (χ0) is 14.8. The van der Waals surface area contributed by atoms with Crippen molar-refractivity contribution in [1.82, 2.24) is 4.98 Å². The van der Waals surface area contributed by atoms with E-state index < -0.39 is 4.92 Å². The first-order chi connectivity index (χ1) is 10.1. The third-order valence-electron chi connectivity index (χ3n) is 2.95.